The van der Waals surface area contributed by atoms with Crippen LogP contribution in [0.1, 0.15) is 28.1 Å². The van der Waals surface area contributed by atoms with E-state index < -0.39 is 0 Å². The van der Waals surface area contributed by atoms with Gasteiger partial charge in [0.1, 0.15) is 11.5 Å². The molecule has 19 heavy (non-hydrogen) atoms. The maximum atomic E-state index is 12.3. The Kier molecular flexibility index (Phi) is 4.45. The zero-order valence-electron chi connectivity index (χ0n) is 11.1. The van der Waals surface area contributed by atoms with E-state index in [0.717, 1.165) is 11.5 Å². The summed E-state index contributed by atoms with van der Waals surface area (Å²) >= 11 is 7.18. The number of hydrogen-bond acceptors (Lipinski definition) is 4. The molecule has 0 bridgehead atoms. The van der Waals surface area contributed by atoms with E-state index in [0.29, 0.717) is 15.8 Å². The highest BCUT2D eigenvalue weighted by atomic mass is 35.5. The molecule has 0 aliphatic rings. The standard InChI is InChI=1S/C14H16ClNO2S/c1-9-4-5-11(18-9)8-16(3)10(2)14(17)12-6-7-13(15)19-12/h4-7,10H,8H2,1-3H3. The molecular formula is C14H16ClNO2S. The number of carbonyl (C=O) groups excluding carboxylic acids is 1. The number of rotatable bonds is 5. The van der Waals surface area contributed by atoms with E-state index in [1.807, 2.05) is 37.9 Å². The molecule has 0 aliphatic carbocycles. The van der Waals surface area contributed by atoms with Crippen molar-refractivity contribution in [2.75, 3.05) is 7.05 Å². The van der Waals surface area contributed by atoms with Gasteiger partial charge in [-0.3, -0.25) is 9.69 Å². The van der Waals surface area contributed by atoms with Gasteiger partial charge in [0, 0.05) is 0 Å². The Bertz CT molecular complexity index is 576. The second-order valence-electron chi connectivity index (χ2n) is 4.57. The zero-order chi connectivity index (χ0) is 14.0. The highest BCUT2D eigenvalue weighted by molar-refractivity contribution is 7.18. The Morgan fingerprint density at radius 2 is 2.16 bits per heavy atom. The van der Waals surface area contributed by atoms with E-state index in [-0.39, 0.29) is 11.8 Å². The molecule has 0 fully saturated rings. The smallest absolute Gasteiger partial charge is 0.189 e. The number of nitrogens with zero attached hydrogens (tertiary/aromatic N) is 1. The fraction of sp³-hybridized carbons (Fsp3) is 0.357. The Morgan fingerprint density at radius 3 is 2.68 bits per heavy atom. The summed E-state index contributed by atoms with van der Waals surface area (Å²) in [6.07, 6.45) is 0. The summed E-state index contributed by atoms with van der Waals surface area (Å²) in [5.41, 5.74) is 0. The molecule has 1 atom stereocenters. The summed E-state index contributed by atoms with van der Waals surface area (Å²) in [5.74, 6) is 1.83. The number of Topliss-reactive ketones (excluding diaryl/α,β-unsaturated/α-hetero) is 1. The van der Waals surface area contributed by atoms with Crippen LogP contribution in [0.3, 0.4) is 0 Å². The van der Waals surface area contributed by atoms with Crippen molar-refractivity contribution in [2.45, 2.75) is 26.4 Å². The molecule has 2 aromatic heterocycles. The number of ketones is 1. The van der Waals surface area contributed by atoms with Gasteiger partial charge < -0.3 is 4.42 Å². The van der Waals surface area contributed by atoms with Crippen LogP contribution in [0.2, 0.25) is 4.34 Å². The van der Waals surface area contributed by atoms with Gasteiger partial charge in [-0.25, -0.2) is 0 Å². The summed E-state index contributed by atoms with van der Waals surface area (Å²) in [6, 6.07) is 7.18. The first kappa shape index (κ1) is 14.3. The van der Waals surface area contributed by atoms with Crippen LogP contribution in [-0.2, 0) is 6.54 Å². The molecule has 0 aliphatic heterocycles. The highest BCUT2D eigenvalue weighted by Crippen LogP contribution is 2.23. The minimum absolute atomic E-state index is 0.0858. The highest BCUT2D eigenvalue weighted by Gasteiger charge is 2.21. The third-order valence-corrected chi connectivity index (χ3v) is 4.30. The van der Waals surface area contributed by atoms with Gasteiger partial charge in [-0.15, -0.1) is 11.3 Å². The number of aryl methyl sites for hydroxylation is 1. The number of thiophene rings is 1. The van der Waals surface area contributed by atoms with Gasteiger partial charge in [0.2, 0.25) is 0 Å². The quantitative estimate of drug-likeness (QED) is 0.782. The fourth-order valence-corrected chi connectivity index (χ4v) is 2.87. The number of furan rings is 1. The maximum Gasteiger partial charge on any atom is 0.189 e. The molecule has 102 valence electrons. The summed E-state index contributed by atoms with van der Waals surface area (Å²) in [4.78, 5) is 14.9. The largest absolute Gasteiger partial charge is 0.465 e. The summed E-state index contributed by atoms with van der Waals surface area (Å²) < 4.78 is 6.16. The van der Waals surface area contributed by atoms with Crippen LogP contribution in [0.15, 0.2) is 28.7 Å². The van der Waals surface area contributed by atoms with Crippen molar-refractivity contribution in [3.63, 3.8) is 0 Å². The van der Waals surface area contributed by atoms with Crippen LogP contribution in [0.25, 0.3) is 0 Å². The van der Waals surface area contributed by atoms with Gasteiger partial charge in [0.15, 0.2) is 5.78 Å². The van der Waals surface area contributed by atoms with Crippen LogP contribution >= 0.6 is 22.9 Å². The molecule has 5 heteroatoms. The number of likely N-dealkylation sites (N-methyl/N-ethyl adjacent to an activating group) is 1. The van der Waals surface area contributed by atoms with Gasteiger partial charge in [-0.05, 0) is 45.2 Å². The van der Waals surface area contributed by atoms with Gasteiger partial charge in [0.25, 0.3) is 0 Å². The Hall–Kier alpha value is -1.10. The van der Waals surface area contributed by atoms with Gasteiger partial charge in [-0.2, -0.15) is 0 Å². The van der Waals surface area contributed by atoms with Gasteiger partial charge >= 0.3 is 0 Å². The molecule has 2 rings (SSSR count). The van der Waals surface area contributed by atoms with E-state index in [4.69, 9.17) is 16.0 Å². The summed E-state index contributed by atoms with van der Waals surface area (Å²) in [6.45, 7) is 4.41. The van der Waals surface area contributed by atoms with Crippen molar-refractivity contribution >= 4 is 28.7 Å². The second-order valence-corrected chi connectivity index (χ2v) is 6.29. The third-order valence-electron chi connectivity index (χ3n) is 3.06. The van der Waals surface area contributed by atoms with Gasteiger partial charge in [0.05, 0.1) is 21.8 Å². The average Bonchev–Trinajstić information content (AvgIpc) is 2.96. The van der Waals surface area contributed by atoms with Crippen molar-refractivity contribution in [3.05, 3.63) is 45.0 Å². The lowest BCUT2D eigenvalue weighted by Crippen LogP contribution is -2.35. The van der Waals surface area contributed by atoms with Crippen LogP contribution in [0.5, 0.6) is 0 Å². The molecular weight excluding hydrogens is 282 g/mol. The third kappa shape index (κ3) is 3.47. The van der Waals surface area contributed by atoms with Crippen molar-refractivity contribution in [1.82, 2.24) is 4.90 Å². The van der Waals surface area contributed by atoms with Crippen molar-refractivity contribution in [2.24, 2.45) is 0 Å². The van der Waals surface area contributed by atoms with Crippen LogP contribution < -0.4 is 0 Å². The van der Waals surface area contributed by atoms with Crippen molar-refractivity contribution in [1.29, 1.82) is 0 Å². The lowest BCUT2D eigenvalue weighted by atomic mass is 10.1. The number of carbonyl (C=O) groups is 1. The first-order chi connectivity index (χ1) is 8.97. The monoisotopic (exact) mass is 297 g/mol. The average molecular weight is 298 g/mol. The van der Waals surface area contributed by atoms with Crippen molar-refractivity contribution < 1.29 is 9.21 Å². The molecule has 0 saturated carbocycles. The predicted octanol–water partition coefficient (Wildman–Crippen LogP) is 4.01. The molecule has 2 aromatic rings. The second kappa shape index (κ2) is 5.90. The number of hydrogen-bond donors (Lipinski definition) is 0. The zero-order valence-corrected chi connectivity index (χ0v) is 12.7. The molecule has 1 unspecified atom stereocenters. The van der Waals surface area contributed by atoms with Crippen LogP contribution in [-0.4, -0.2) is 23.8 Å². The van der Waals surface area contributed by atoms with E-state index in [1.165, 1.54) is 11.3 Å². The van der Waals surface area contributed by atoms with E-state index in [9.17, 15) is 4.79 Å². The first-order valence-electron chi connectivity index (χ1n) is 6.02. The maximum absolute atomic E-state index is 12.3. The lowest BCUT2D eigenvalue weighted by molar-refractivity contribution is 0.0859. The molecule has 0 N–H and O–H groups in total. The molecule has 3 nitrogen and oxygen atoms in total. The molecule has 0 spiro atoms. The Morgan fingerprint density at radius 1 is 1.42 bits per heavy atom. The first-order valence-corrected chi connectivity index (χ1v) is 7.22. The van der Waals surface area contributed by atoms with Gasteiger partial charge in [-0.1, -0.05) is 11.6 Å². The normalized spacial score (nSPS) is 12.9. The Balaban J connectivity index is 2.02. The Labute approximate surface area is 121 Å². The van der Waals surface area contributed by atoms with Crippen molar-refractivity contribution in [3.8, 4) is 0 Å². The molecule has 2 heterocycles. The minimum atomic E-state index is -0.208. The van der Waals surface area contributed by atoms with E-state index in [1.54, 1.807) is 12.1 Å². The predicted molar refractivity (Wildman–Crippen MR) is 78.0 cm³/mol. The summed E-state index contributed by atoms with van der Waals surface area (Å²) in [7, 11) is 1.91. The van der Waals surface area contributed by atoms with Crippen LogP contribution in [0.4, 0.5) is 0 Å². The molecule has 0 radical (unpaired) electrons. The molecule has 0 saturated heterocycles. The fourth-order valence-electron chi connectivity index (χ4n) is 1.81. The van der Waals surface area contributed by atoms with E-state index in [2.05, 4.69) is 0 Å². The SMILES string of the molecule is Cc1ccc(CN(C)C(C)C(=O)c2ccc(Cl)s2)o1. The lowest BCUT2D eigenvalue weighted by Gasteiger charge is -2.21. The molecule has 0 aromatic carbocycles. The summed E-state index contributed by atoms with van der Waals surface area (Å²) in [5, 5.41) is 0. The van der Waals surface area contributed by atoms with E-state index >= 15 is 0 Å². The number of halogens is 1. The molecule has 0 amide bonds. The topological polar surface area (TPSA) is 33.5 Å². The van der Waals surface area contributed by atoms with Crippen LogP contribution in [0, 0.1) is 6.92 Å². The minimum Gasteiger partial charge on any atom is -0.465 e.